The number of aliphatic hydroxyl groups is 2. The van der Waals surface area contributed by atoms with Crippen molar-refractivity contribution in [1.82, 2.24) is 28.7 Å². The standard InChI is InChI=1S/C16H15F3N4O.C15H13F3N4O2/c1-2-10-8-13-12(9-11(10)16(17,18)19)22-14(20-4-3-7-24)15-21-5-6-23(13)15;16-15(17,18)10-7-11-12(6-9(10)8-24)22-4-3-20-14(22)13(21-11)19-2-1-5-23/h2,5-6,8-9,24H,1,3-4,7H2,(H,20,22);3-4,6-8,23H,1-2,5H2,(H,19,21). The highest BCUT2D eigenvalue weighted by molar-refractivity contribution is 5.90. The summed E-state index contributed by atoms with van der Waals surface area (Å²) in [7, 11) is 0. The number of alkyl halides is 6. The molecule has 0 radical (unpaired) electrons. The van der Waals surface area contributed by atoms with Crippen LogP contribution in [0, 0.1) is 0 Å². The molecule has 0 bridgehead atoms. The van der Waals surface area contributed by atoms with E-state index in [1.165, 1.54) is 18.3 Å². The molecule has 4 aromatic heterocycles. The van der Waals surface area contributed by atoms with Gasteiger partial charge in [0.2, 0.25) is 0 Å². The van der Waals surface area contributed by atoms with E-state index in [1.807, 2.05) is 0 Å². The molecule has 4 heterocycles. The van der Waals surface area contributed by atoms with Crippen molar-refractivity contribution in [3.63, 3.8) is 0 Å². The Hall–Kier alpha value is -5.29. The van der Waals surface area contributed by atoms with Crippen molar-refractivity contribution < 1.29 is 41.4 Å². The molecule has 0 saturated carbocycles. The van der Waals surface area contributed by atoms with Crippen LogP contribution in [0.4, 0.5) is 38.0 Å². The average molecular weight is 675 g/mol. The zero-order valence-corrected chi connectivity index (χ0v) is 25.0. The van der Waals surface area contributed by atoms with Gasteiger partial charge in [-0.15, -0.1) is 0 Å². The lowest BCUT2D eigenvalue weighted by molar-refractivity contribution is -0.138. The number of carbonyl (C=O) groups is 1. The predicted molar refractivity (Wildman–Crippen MR) is 167 cm³/mol. The molecule has 4 N–H and O–H groups in total. The maximum absolute atomic E-state index is 13.2. The van der Waals surface area contributed by atoms with Gasteiger partial charge in [0.15, 0.2) is 29.2 Å². The van der Waals surface area contributed by atoms with E-state index in [2.05, 4.69) is 37.1 Å². The fourth-order valence-corrected chi connectivity index (χ4v) is 5.00. The van der Waals surface area contributed by atoms with E-state index < -0.39 is 29.0 Å². The van der Waals surface area contributed by atoms with Crippen LogP contribution in [-0.4, -0.2) is 71.5 Å². The first-order valence-electron chi connectivity index (χ1n) is 14.4. The van der Waals surface area contributed by atoms with Crippen LogP contribution < -0.4 is 10.6 Å². The van der Waals surface area contributed by atoms with Crippen molar-refractivity contribution in [2.45, 2.75) is 25.2 Å². The van der Waals surface area contributed by atoms with Crippen LogP contribution in [0.15, 0.2) is 55.6 Å². The lowest BCUT2D eigenvalue weighted by atomic mass is 10.1. The molecule has 0 atom stereocenters. The molecule has 0 aliphatic rings. The number of carbonyl (C=O) groups excluding carboxylic acids is 1. The highest BCUT2D eigenvalue weighted by Gasteiger charge is 2.35. The lowest BCUT2D eigenvalue weighted by Gasteiger charge is -2.14. The molecule has 6 rings (SSSR count). The van der Waals surface area contributed by atoms with Gasteiger partial charge < -0.3 is 20.8 Å². The van der Waals surface area contributed by atoms with Crippen molar-refractivity contribution in [2.24, 2.45) is 0 Å². The van der Waals surface area contributed by atoms with Crippen molar-refractivity contribution in [3.05, 3.63) is 77.9 Å². The van der Waals surface area contributed by atoms with E-state index in [4.69, 9.17) is 10.2 Å². The number of hydrogen-bond acceptors (Lipinski definition) is 9. The molecule has 6 aromatic rings. The van der Waals surface area contributed by atoms with Crippen molar-refractivity contribution >= 4 is 57.4 Å². The van der Waals surface area contributed by atoms with Gasteiger partial charge in [0.1, 0.15) is 0 Å². The van der Waals surface area contributed by atoms with E-state index in [1.54, 1.807) is 27.4 Å². The number of imidazole rings is 2. The Labute approximate surface area is 267 Å². The number of hydrogen-bond donors (Lipinski definition) is 4. The third kappa shape index (κ3) is 6.86. The normalized spacial score (nSPS) is 12.0. The summed E-state index contributed by atoms with van der Waals surface area (Å²) >= 11 is 0. The maximum Gasteiger partial charge on any atom is 0.417 e. The largest absolute Gasteiger partial charge is 0.417 e. The van der Waals surface area contributed by atoms with E-state index in [-0.39, 0.29) is 36.1 Å². The minimum absolute atomic E-state index is 0.00617. The summed E-state index contributed by atoms with van der Waals surface area (Å²) in [5, 5.41) is 23.6. The molecule has 0 spiro atoms. The highest BCUT2D eigenvalue weighted by Crippen LogP contribution is 2.36. The van der Waals surface area contributed by atoms with Crippen LogP contribution in [0.5, 0.6) is 0 Å². The summed E-state index contributed by atoms with van der Waals surface area (Å²) in [4.78, 5) is 27.9. The van der Waals surface area contributed by atoms with E-state index in [0.717, 1.165) is 18.2 Å². The summed E-state index contributed by atoms with van der Waals surface area (Å²) in [5.74, 6) is 0.688. The Balaban J connectivity index is 0.000000188. The molecule has 0 saturated heterocycles. The molecule has 0 amide bonds. The molecular weight excluding hydrogens is 646 g/mol. The third-order valence-corrected chi connectivity index (χ3v) is 7.19. The summed E-state index contributed by atoms with van der Waals surface area (Å²) in [6, 6.07) is 4.44. The van der Waals surface area contributed by atoms with Crippen molar-refractivity contribution in [3.8, 4) is 0 Å². The van der Waals surface area contributed by atoms with Gasteiger partial charge in [0.05, 0.1) is 33.2 Å². The molecule has 0 aliphatic heterocycles. The molecule has 0 unspecified atom stereocenters. The predicted octanol–water partition coefficient (Wildman–Crippen LogP) is 5.85. The van der Waals surface area contributed by atoms with Gasteiger partial charge in [-0.2, -0.15) is 26.3 Å². The number of fused-ring (bicyclic) bond motifs is 6. The van der Waals surface area contributed by atoms with Crippen LogP contribution in [0.1, 0.15) is 39.9 Å². The van der Waals surface area contributed by atoms with Crippen LogP contribution in [-0.2, 0) is 12.4 Å². The number of aldehydes is 1. The number of benzene rings is 2. The third-order valence-electron chi connectivity index (χ3n) is 7.19. The van der Waals surface area contributed by atoms with Crippen LogP contribution in [0.3, 0.4) is 0 Å². The van der Waals surface area contributed by atoms with Gasteiger partial charge in [-0.1, -0.05) is 12.7 Å². The monoisotopic (exact) mass is 674 g/mol. The fraction of sp³-hybridized carbons (Fsp3) is 0.258. The summed E-state index contributed by atoms with van der Waals surface area (Å²) in [5.41, 5.74) is -0.178. The van der Waals surface area contributed by atoms with Gasteiger partial charge in [0.25, 0.3) is 0 Å². The number of aromatic nitrogens is 6. The second kappa shape index (κ2) is 13.8. The van der Waals surface area contributed by atoms with Crippen molar-refractivity contribution in [1.29, 1.82) is 0 Å². The Morgan fingerprint density at radius 3 is 1.56 bits per heavy atom. The fourth-order valence-electron chi connectivity index (χ4n) is 5.00. The summed E-state index contributed by atoms with van der Waals surface area (Å²) in [6.45, 7) is 4.29. The summed E-state index contributed by atoms with van der Waals surface area (Å²) < 4.78 is 82.3. The smallest absolute Gasteiger partial charge is 0.396 e. The zero-order chi connectivity index (χ0) is 34.6. The van der Waals surface area contributed by atoms with Crippen LogP contribution in [0.2, 0.25) is 0 Å². The number of rotatable bonds is 10. The van der Waals surface area contributed by atoms with Gasteiger partial charge in [0, 0.05) is 56.7 Å². The molecule has 11 nitrogen and oxygen atoms in total. The van der Waals surface area contributed by atoms with Crippen LogP contribution in [0.25, 0.3) is 39.4 Å². The topological polar surface area (TPSA) is 142 Å². The number of anilines is 2. The molecule has 252 valence electrons. The molecule has 17 heteroatoms. The summed E-state index contributed by atoms with van der Waals surface area (Å²) in [6.07, 6.45) is -0.536. The quantitative estimate of drug-likeness (QED) is 0.0801. The number of halogens is 6. The van der Waals surface area contributed by atoms with Crippen molar-refractivity contribution in [2.75, 3.05) is 36.9 Å². The van der Waals surface area contributed by atoms with E-state index in [9.17, 15) is 31.1 Å². The molecule has 0 fully saturated rings. The molecule has 2 aromatic carbocycles. The zero-order valence-electron chi connectivity index (χ0n) is 25.0. The Morgan fingerprint density at radius 2 is 1.17 bits per heavy atom. The van der Waals surface area contributed by atoms with Gasteiger partial charge in [-0.3, -0.25) is 13.6 Å². The molecular formula is C31H28F6N8O3. The first-order chi connectivity index (χ1) is 22.9. The van der Waals surface area contributed by atoms with E-state index in [0.29, 0.717) is 59.9 Å². The molecule has 0 aliphatic carbocycles. The van der Waals surface area contributed by atoms with E-state index >= 15 is 0 Å². The highest BCUT2D eigenvalue weighted by atomic mass is 19.4. The maximum atomic E-state index is 13.2. The number of nitrogens with zero attached hydrogens (tertiary/aromatic N) is 6. The number of nitrogens with one attached hydrogen (secondary N) is 2. The average Bonchev–Trinajstić information content (AvgIpc) is 3.75. The SMILES string of the molecule is C=Cc1cc2c(cc1C(F)(F)F)nc(NCCCO)c1nccn12.O=Cc1cc2c(cc1C(F)(F)F)nc(NCCCO)c1nccn12. The van der Waals surface area contributed by atoms with Gasteiger partial charge in [-0.25, -0.2) is 19.9 Å². The minimum atomic E-state index is -4.65. The Morgan fingerprint density at radius 1 is 0.729 bits per heavy atom. The first-order valence-corrected chi connectivity index (χ1v) is 14.4. The second-order valence-electron chi connectivity index (χ2n) is 10.3. The Kier molecular flexibility index (Phi) is 9.81. The number of aliphatic hydroxyl groups excluding tert-OH is 2. The Bertz CT molecular complexity index is 1960. The van der Waals surface area contributed by atoms with Gasteiger partial charge in [-0.05, 0) is 42.7 Å². The second-order valence-corrected chi connectivity index (χ2v) is 10.3. The minimum Gasteiger partial charge on any atom is -0.396 e. The lowest BCUT2D eigenvalue weighted by Crippen LogP contribution is -2.11. The first kappa shape index (κ1) is 34.1. The van der Waals surface area contributed by atoms with Gasteiger partial charge >= 0.3 is 12.4 Å². The van der Waals surface area contributed by atoms with Crippen LogP contribution >= 0.6 is 0 Å². The molecule has 48 heavy (non-hydrogen) atoms.